The molecule has 0 aliphatic heterocycles. The van der Waals surface area contributed by atoms with Crippen molar-refractivity contribution in [2.75, 3.05) is 0 Å². The fourth-order valence-corrected chi connectivity index (χ4v) is 2.36. The third kappa shape index (κ3) is 4.44. The summed E-state index contributed by atoms with van der Waals surface area (Å²) in [6.45, 7) is 2.77. The second-order valence-corrected chi connectivity index (χ2v) is 5.29. The first-order valence-corrected chi connectivity index (χ1v) is 7.35. The summed E-state index contributed by atoms with van der Waals surface area (Å²) >= 11 is 0. The van der Waals surface area contributed by atoms with Crippen LogP contribution in [0.4, 0.5) is 4.39 Å². The summed E-state index contributed by atoms with van der Waals surface area (Å²) in [4.78, 5) is 0. The van der Waals surface area contributed by atoms with E-state index in [-0.39, 0.29) is 24.3 Å². The van der Waals surface area contributed by atoms with Crippen molar-refractivity contribution in [3.8, 4) is 11.3 Å². The van der Waals surface area contributed by atoms with E-state index in [0.29, 0.717) is 6.54 Å². The molecule has 0 bridgehead atoms. The molecule has 0 saturated heterocycles. The molecule has 0 saturated carbocycles. The highest BCUT2D eigenvalue weighted by Gasteiger charge is 2.08. The second-order valence-electron chi connectivity index (χ2n) is 5.29. The molecule has 0 amide bonds. The highest BCUT2D eigenvalue weighted by Crippen LogP contribution is 2.23. The Kier molecular flexibility index (Phi) is 5.97. The summed E-state index contributed by atoms with van der Waals surface area (Å²) in [5, 5.41) is 3.44. The Morgan fingerprint density at radius 3 is 2.35 bits per heavy atom. The highest BCUT2D eigenvalue weighted by molar-refractivity contribution is 5.85. The van der Waals surface area contributed by atoms with Crippen LogP contribution >= 0.6 is 12.4 Å². The quantitative estimate of drug-likeness (QED) is 0.681. The van der Waals surface area contributed by atoms with Gasteiger partial charge in [-0.05, 0) is 48.9 Å². The predicted molar refractivity (Wildman–Crippen MR) is 93.0 cm³/mol. The zero-order valence-electron chi connectivity index (χ0n) is 12.8. The van der Waals surface area contributed by atoms with Crippen LogP contribution in [0.5, 0.6) is 0 Å². The van der Waals surface area contributed by atoms with Gasteiger partial charge in [0.1, 0.15) is 17.3 Å². The first-order valence-electron chi connectivity index (χ1n) is 7.35. The topological polar surface area (TPSA) is 25.2 Å². The molecular weight excluding hydrogens is 313 g/mol. The molecule has 0 aliphatic rings. The zero-order chi connectivity index (χ0) is 15.4. The lowest BCUT2D eigenvalue weighted by Crippen LogP contribution is -2.17. The SMILES string of the molecule is CC(NCc1ccc(-c2ccc(F)cc2)o1)c1ccccc1.Cl. The summed E-state index contributed by atoms with van der Waals surface area (Å²) < 4.78 is 18.7. The molecule has 0 aliphatic carbocycles. The van der Waals surface area contributed by atoms with Crippen LogP contribution in [0.3, 0.4) is 0 Å². The Morgan fingerprint density at radius 1 is 0.957 bits per heavy atom. The van der Waals surface area contributed by atoms with E-state index < -0.39 is 0 Å². The smallest absolute Gasteiger partial charge is 0.134 e. The summed E-state index contributed by atoms with van der Waals surface area (Å²) in [6.07, 6.45) is 0. The maximum absolute atomic E-state index is 12.9. The Balaban J connectivity index is 0.00000192. The number of nitrogens with one attached hydrogen (secondary N) is 1. The van der Waals surface area contributed by atoms with Crippen LogP contribution in [0.1, 0.15) is 24.3 Å². The average molecular weight is 332 g/mol. The molecule has 120 valence electrons. The third-order valence-corrected chi connectivity index (χ3v) is 3.67. The van der Waals surface area contributed by atoms with Gasteiger partial charge in [0.2, 0.25) is 0 Å². The van der Waals surface area contributed by atoms with Crippen molar-refractivity contribution in [1.82, 2.24) is 5.32 Å². The van der Waals surface area contributed by atoms with Crippen LogP contribution < -0.4 is 5.32 Å². The lowest BCUT2D eigenvalue weighted by molar-refractivity contribution is 0.468. The molecule has 1 aromatic heterocycles. The predicted octanol–water partition coefficient (Wildman–Crippen LogP) is 5.36. The van der Waals surface area contributed by atoms with Gasteiger partial charge in [-0.1, -0.05) is 30.3 Å². The fourth-order valence-electron chi connectivity index (χ4n) is 2.36. The van der Waals surface area contributed by atoms with Crippen molar-refractivity contribution in [2.24, 2.45) is 0 Å². The molecule has 0 radical (unpaired) electrons. The van der Waals surface area contributed by atoms with Gasteiger partial charge >= 0.3 is 0 Å². The molecular formula is C19H19ClFNO. The van der Waals surface area contributed by atoms with Gasteiger partial charge in [0.15, 0.2) is 0 Å². The van der Waals surface area contributed by atoms with Crippen molar-refractivity contribution in [2.45, 2.75) is 19.5 Å². The lowest BCUT2D eigenvalue weighted by Gasteiger charge is -2.12. The van der Waals surface area contributed by atoms with Gasteiger partial charge in [-0.15, -0.1) is 12.4 Å². The van der Waals surface area contributed by atoms with Crippen LogP contribution in [-0.4, -0.2) is 0 Å². The van der Waals surface area contributed by atoms with E-state index in [0.717, 1.165) is 17.1 Å². The van der Waals surface area contributed by atoms with Crippen molar-refractivity contribution < 1.29 is 8.81 Å². The molecule has 23 heavy (non-hydrogen) atoms. The first-order chi connectivity index (χ1) is 10.7. The summed E-state index contributed by atoms with van der Waals surface area (Å²) in [7, 11) is 0. The average Bonchev–Trinajstić information content (AvgIpc) is 3.03. The maximum atomic E-state index is 12.9. The van der Waals surface area contributed by atoms with Gasteiger partial charge in [-0.3, -0.25) is 0 Å². The molecule has 0 spiro atoms. The highest BCUT2D eigenvalue weighted by atomic mass is 35.5. The van der Waals surface area contributed by atoms with Crippen LogP contribution in [-0.2, 0) is 6.54 Å². The monoisotopic (exact) mass is 331 g/mol. The first kappa shape index (κ1) is 17.3. The molecule has 1 atom stereocenters. The largest absolute Gasteiger partial charge is 0.460 e. The van der Waals surface area contributed by atoms with E-state index in [1.807, 2.05) is 30.3 Å². The molecule has 4 heteroatoms. The van der Waals surface area contributed by atoms with Gasteiger partial charge in [-0.2, -0.15) is 0 Å². The summed E-state index contributed by atoms with van der Waals surface area (Å²) in [5.41, 5.74) is 2.12. The molecule has 3 aromatic rings. The Labute approximate surface area is 141 Å². The van der Waals surface area contributed by atoms with Gasteiger partial charge in [0, 0.05) is 11.6 Å². The number of halogens is 2. The maximum Gasteiger partial charge on any atom is 0.134 e. The number of hydrogen-bond acceptors (Lipinski definition) is 2. The van der Waals surface area contributed by atoms with Crippen LogP contribution in [0, 0.1) is 5.82 Å². The van der Waals surface area contributed by atoms with Crippen molar-refractivity contribution in [3.05, 3.63) is 83.9 Å². The van der Waals surface area contributed by atoms with Gasteiger partial charge in [0.25, 0.3) is 0 Å². The summed E-state index contributed by atoms with van der Waals surface area (Å²) in [6, 6.07) is 20.7. The molecule has 1 heterocycles. The van der Waals surface area contributed by atoms with Crippen molar-refractivity contribution in [3.63, 3.8) is 0 Å². The minimum atomic E-state index is -0.242. The van der Waals surface area contributed by atoms with E-state index >= 15 is 0 Å². The normalized spacial score (nSPS) is 11.7. The Bertz CT molecular complexity index is 725. The molecule has 1 unspecified atom stereocenters. The van der Waals surface area contributed by atoms with Crippen LogP contribution in [0.2, 0.25) is 0 Å². The van der Waals surface area contributed by atoms with E-state index in [1.54, 1.807) is 12.1 Å². The molecule has 2 aromatic carbocycles. The molecule has 2 nitrogen and oxygen atoms in total. The summed E-state index contributed by atoms with van der Waals surface area (Å²) in [5.74, 6) is 1.38. The zero-order valence-corrected chi connectivity index (χ0v) is 13.6. The van der Waals surface area contributed by atoms with Crippen LogP contribution in [0.15, 0.2) is 71.1 Å². The Morgan fingerprint density at radius 2 is 1.65 bits per heavy atom. The number of furan rings is 1. The van der Waals surface area contributed by atoms with E-state index in [9.17, 15) is 4.39 Å². The van der Waals surface area contributed by atoms with Gasteiger partial charge < -0.3 is 9.73 Å². The number of benzene rings is 2. The van der Waals surface area contributed by atoms with Gasteiger partial charge in [0.05, 0.1) is 6.54 Å². The van der Waals surface area contributed by atoms with Gasteiger partial charge in [-0.25, -0.2) is 4.39 Å². The number of hydrogen-bond donors (Lipinski definition) is 1. The third-order valence-electron chi connectivity index (χ3n) is 3.67. The molecule has 0 fully saturated rings. The standard InChI is InChI=1S/C19H18FNO.ClH/c1-14(15-5-3-2-4-6-15)21-13-18-11-12-19(22-18)16-7-9-17(20)10-8-16;/h2-12,14,21H,13H2,1H3;1H. The lowest BCUT2D eigenvalue weighted by atomic mass is 10.1. The minimum Gasteiger partial charge on any atom is -0.460 e. The number of rotatable bonds is 5. The van der Waals surface area contributed by atoms with Crippen molar-refractivity contribution >= 4 is 12.4 Å². The fraction of sp³-hybridized carbons (Fsp3) is 0.158. The van der Waals surface area contributed by atoms with E-state index in [2.05, 4.69) is 24.4 Å². The Hall–Kier alpha value is -2.10. The molecule has 3 rings (SSSR count). The molecule has 1 N–H and O–H groups in total. The van der Waals surface area contributed by atoms with E-state index in [1.165, 1.54) is 17.7 Å². The van der Waals surface area contributed by atoms with Crippen LogP contribution in [0.25, 0.3) is 11.3 Å². The minimum absolute atomic E-state index is 0. The van der Waals surface area contributed by atoms with Crippen molar-refractivity contribution in [1.29, 1.82) is 0 Å². The van der Waals surface area contributed by atoms with E-state index in [4.69, 9.17) is 4.42 Å². The second kappa shape index (κ2) is 7.95.